The van der Waals surface area contributed by atoms with Crippen LogP contribution in [0.2, 0.25) is 0 Å². The zero-order valence-corrected chi connectivity index (χ0v) is 25.8. The van der Waals surface area contributed by atoms with E-state index in [9.17, 15) is 24.5 Å². The van der Waals surface area contributed by atoms with Crippen LogP contribution < -0.4 is 25.5 Å². The Bertz CT molecular complexity index is 1900. The normalized spacial score (nSPS) is 14.4. The molecule has 2 heterocycles. The molecule has 242 valence electrons. The molecule has 47 heavy (non-hydrogen) atoms. The number of nitrogens with one attached hydrogen (secondary N) is 3. The molecule has 0 saturated heterocycles. The molecule has 3 aromatic carbocycles. The number of ether oxygens (including phenoxy) is 3. The van der Waals surface area contributed by atoms with Gasteiger partial charge in [-0.25, -0.2) is 15.0 Å². The Kier molecular flexibility index (Phi) is 9.79. The van der Waals surface area contributed by atoms with Crippen molar-refractivity contribution in [3.63, 3.8) is 0 Å². The summed E-state index contributed by atoms with van der Waals surface area (Å²) in [6, 6.07) is 17.7. The summed E-state index contributed by atoms with van der Waals surface area (Å²) in [4.78, 5) is 48.0. The average molecular weight is 641 g/mol. The molecule has 1 atom stereocenters. The van der Waals surface area contributed by atoms with E-state index in [2.05, 4.69) is 21.2 Å². The van der Waals surface area contributed by atoms with Crippen molar-refractivity contribution < 1.29 is 33.5 Å². The van der Waals surface area contributed by atoms with Crippen LogP contribution in [0.3, 0.4) is 0 Å². The lowest BCUT2D eigenvalue weighted by Crippen LogP contribution is -2.45. The number of carbonyl (C=O) groups is 3. The Morgan fingerprint density at radius 3 is 2.60 bits per heavy atom. The van der Waals surface area contributed by atoms with E-state index >= 15 is 0 Å². The SMILES string of the molecule is CCOC(=O)C1=C(C)NC(=O)N[C@H]1c1ccc(OCC(=O)N/N=C/c2cn(Cc3ccc([N+](=O)[O-])cc3)c3ccccc23)c(OC)c1. The van der Waals surface area contributed by atoms with Crippen LogP contribution in [-0.4, -0.2) is 53.9 Å². The van der Waals surface area contributed by atoms with Crippen LogP contribution in [0.4, 0.5) is 10.5 Å². The second kappa shape index (κ2) is 14.3. The van der Waals surface area contributed by atoms with Gasteiger partial charge in [0.15, 0.2) is 18.1 Å². The van der Waals surface area contributed by atoms with E-state index in [1.807, 2.05) is 35.0 Å². The first-order valence-corrected chi connectivity index (χ1v) is 14.6. The summed E-state index contributed by atoms with van der Waals surface area (Å²) in [6.07, 6.45) is 3.42. The molecule has 5 rings (SSSR count). The summed E-state index contributed by atoms with van der Waals surface area (Å²) < 4.78 is 18.3. The largest absolute Gasteiger partial charge is 0.493 e. The predicted octanol–water partition coefficient (Wildman–Crippen LogP) is 4.33. The molecule has 0 spiro atoms. The molecule has 1 aliphatic heterocycles. The molecule has 1 aromatic heterocycles. The van der Waals surface area contributed by atoms with E-state index in [-0.39, 0.29) is 36.0 Å². The molecule has 0 radical (unpaired) electrons. The van der Waals surface area contributed by atoms with Crippen LogP contribution in [0.15, 0.2) is 89.3 Å². The van der Waals surface area contributed by atoms with Gasteiger partial charge < -0.3 is 29.4 Å². The van der Waals surface area contributed by atoms with Crippen LogP contribution in [0.5, 0.6) is 11.5 Å². The standard InChI is InChI=1S/C33H32N6O8/c1-4-46-32(41)30-20(2)35-33(42)36-31(30)22-11-14-27(28(15-22)45-3)47-19-29(40)37-34-16-23-18-38(26-8-6-5-7-25(23)26)17-21-9-12-24(13-10-21)39(43)44/h5-16,18,31H,4,17,19H2,1-3H3,(H,37,40)(H2,35,36,42)/b34-16+/t31-/m0/s1. The lowest BCUT2D eigenvalue weighted by molar-refractivity contribution is -0.384. The molecule has 3 amide bonds. The molecule has 1 aliphatic rings. The van der Waals surface area contributed by atoms with Crippen LogP contribution in [-0.2, 0) is 20.9 Å². The molecular weight excluding hydrogens is 608 g/mol. The van der Waals surface area contributed by atoms with Crippen molar-refractivity contribution in [1.82, 2.24) is 20.6 Å². The first kappa shape index (κ1) is 32.2. The van der Waals surface area contributed by atoms with Gasteiger partial charge in [-0.3, -0.25) is 14.9 Å². The van der Waals surface area contributed by atoms with Crippen LogP contribution in [0.25, 0.3) is 10.9 Å². The molecule has 0 unspecified atom stereocenters. The van der Waals surface area contributed by atoms with Crippen LogP contribution >= 0.6 is 0 Å². The molecule has 14 nitrogen and oxygen atoms in total. The highest BCUT2D eigenvalue weighted by Crippen LogP contribution is 2.34. The van der Waals surface area contributed by atoms with Gasteiger partial charge in [-0.15, -0.1) is 0 Å². The number of non-ortho nitro benzene ring substituents is 1. The quantitative estimate of drug-likeness (QED) is 0.0888. The highest BCUT2D eigenvalue weighted by molar-refractivity contribution is 6.00. The number of esters is 1. The maximum absolute atomic E-state index is 12.6. The number of fused-ring (bicyclic) bond motifs is 1. The number of hydrogen-bond acceptors (Lipinski definition) is 9. The van der Waals surface area contributed by atoms with Crippen LogP contribution in [0, 0.1) is 10.1 Å². The Labute approximate surface area is 269 Å². The summed E-state index contributed by atoms with van der Waals surface area (Å²) in [5.74, 6) is -0.527. The number of hydrazone groups is 1. The molecule has 0 fully saturated rings. The third kappa shape index (κ3) is 7.39. The summed E-state index contributed by atoms with van der Waals surface area (Å²) in [7, 11) is 1.43. The monoisotopic (exact) mass is 640 g/mol. The number of amides is 3. The molecule has 4 aromatic rings. The number of nitro groups is 1. The second-order valence-electron chi connectivity index (χ2n) is 10.4. The fourth-order valence-electron chi connectivity index (χ4n) is 5.18. The first-order chi connectivity index (χ1) is 22.7. The number of hydrogen-bond donors (Lipinski definition) is 3. The van der Waals surface area contributed by atoms with Gasteiger partial charge in [0, 0.05) is 47.0 Å². The van der Waals surface area contributed by atoms with Crippen molar-refractivity contribution in [2.45, 2.75) is 26.4 Å². The smallest absolute Gasteiger partial charge is 0.338 e. The van der Waals surface area contributed by atoms with E-state index in [4.69, 9.17) is 14.2 Å². The predicted molar refractivity (Wildman–Crippen MR) is 172 cm³/mol. The van der Waals surface area contributed by atoms with Gasteiger partial charge in [0.1, 0.15) is 0 Å². The van der Waals surface area contributed by atoms with Gasteiger partial charge in [0.05, 0.1) is 36.5 Å². The van der Waals surface area contributed by atoms with E-state index in [0.717, 1.165) is 22.0 Å². The number of carbonyl (C=O) groups excluding carboxylic acids is 3. The lowest BCUT2D eigenvalue weighted by atomic mass is 9.95. The molecule has 0 bridgehead atoms. The highest BCUT2D eigenvalue weighted by Gasteiger charge is 2.32. The van der Waals surface area contributed by atoms with Crippen molar-refractivity contribution >= 4 is 40.7 Å². The minimum absolute atomic E-state index is 0.0263. The number of benzene rings is 3. The molecular formula is C33H32N6O8. The summed E-state index contributed by atoms with van der Waals surface area (Å²) in [6.45, 7) is 3.60. The molecule has 0 saturated carbocycles. The number of para-hydroxylation sites is 1. The Morgan fingerprint density at radius 1 is 1.11 bits per heavy atom. The summed E-state index contributed by atoms with van der Waals surface area (Å²) in [5, 5.41) is 21.3. The first-order valence-electron chi connectivity index (χ1n) is 14.6. The van der Waals surface area contributed by atoms with Gasteiger partial charge in [-0.2, -0.15) is 5.10 Å². The minimum atomic E-state index is -0.788. The molecule has 14 heteroatoms. The van der Waals surface area contributed by atoms with E-state index in [0.29, 0.717) is 17.8 Å². The van der Waals surface area contributed by atoms with Crippen molar-refractivity contribution in [3.8, 4) is 11.5 Å². The Morgan fingerprint density at radius 2 is 1.87 bits per heavy atom. The second-order valence-corrected chi connectivity index (χ2v) is 10.4. The number of methoxy groups -OCH3 is 1. The van der Waals surface area contributed by atoms with E-state index in [1.54, 1.807) is 44.2 Å². The third-order valence-electron chi connectivity index (χ3n) is 7.36. The van der Waals surface area contributed by atoms with E-state index < -0.39 is 28.9 Å². The number of aromatic nitrogens is 1. The maximum atomic E-state index is 12.6. The van der Waals surface area contributed by atoms with Gasteiger partial charge in [-0.1, -0.05) is 36.4 Å². The maximum Gasteiger partial charge on any atom is 0.338 e. The third-order valence-corrected chi connectivity index (χ3v) is 7.36. The number of rotatable bonds is 12. The summed E-state index contributed by atoms with van der Waals surface area (Å²) >= 11 is 0. The van der Waals surface area contributed by atoms with Crippen molar-refractivity contribution in [1.29, 1.82) is 0 Å². The Hall–Kier alpha value is -6.18. The van der Waals surface area contributed by atoms with Crippen molar-refractivity contribution in [2.75, 3.05) is 20.3 Å². The number of nitrogens with zero attached hydrogens (tertiary/aromatic N) is 3. The number of allylic oxidation sites excluding steroid dienone is 1. The topological polar surface area (TPSA) is 175 Å². The van der Waals surface area contributed by atoms with Gasteiger partial charge in [0.2, 0.25) is 0 Å². The zero-order valence-electron chi connectivity index (χ0n) is 25.8. The zero-order chi connectivity index (χ0) is 33.5. The number of nitro benzene ring substituents is 1. The summed E-state index contributed by atoms with van der Waals surface area (Å²) in [5.41, 5.74) is 6.26. The molecule has 0 aliphatic carbocycles. The lowest BCUT2D eigenvalue weighted by Gasteiger charge is -2.28. The van der Waals surface area contributed by atoms with Gasteiger partial charge >= 0.3 is 12.0 Å². The highest BCUT2D eigenvalue weighted by atomic mass is 16.6. The van der Waals surface area contributed by atoms with Crippen LogP contribution in [0.1, 0.15) is 36.6 Å². The van der Waals surface area contributed by atoms with Crippen molar-refractivity contribution in [3.05, 3.63) is 111 Å². The van der Waals surface area contributed by atoms with Gasteiger partial charge in [-0.05, 0) is 43.2 Å². The number of urea groups is 1. The minimum Gasteiger partial charge on any atom is -0.493 e. The Balaban J connectivity index is 1.24. The van der Waals surface area contributed by atoms with Crippen molar-refractivity contribution in [2.24, 2.45) is 5.10 Å². The van der Waals surface area contributed by atoms with Gasteiger partial charge in [0.25, 0.3) is 11.6 Å². The average Bonchev–Trinajstić information content (AvgIpc) is 3.40. The molecule has 3 N–H and O–H groups in total. The fourth-order valence-corrected chi connectivity index (χ4v) is 5.18. The van der Waals surface area contributed by atoms with E-state index in [1.165, 1.54) is 25.5 Å². The fraction of sp³-hybridized carbons (Fsp3) is 0.212.